The first-order valence-corrected chi connectivity index (χ1v) is 9.47. The minimum absolute atomic E-state index is 0.162. The Morgan fingerprint density at radius 1 is 0.962 bits per heavy atom. The van der Waals surface area contributed by atoms with Crippen LogP contribution in [-0.2, 0) is 19.5 Å². The second-order valence-corrected chi connectivity index (χ2v) is 7.08. The summed E-state index contributed by atoms with van der Waals surface area (Å²) in [5.41, 5.74) is 5.01. The molecule has 0 spiro atoms. The third-order valence-electron chi connectivity index (χ3n) is 5.33. The molecule has 4 rings (SSSR count). The Hall–Kier alpha value is -2.39. The van der Waals surface area contributed by atoms with Crippen LogP contribution in [0.25, 0.3) is 0 Å². The molecule has 2 nitrogen and oxygen atoms in total. The number of hydrogen-bond acceptors (Lipinski definition) is 1. The van der Waals surface area contributed by atoms with Crippen LogP contribution in [0.2, 0.25) is 0 Å². The van der Waals surface area contributed by atoms with Crippen LogP contribution in [0.1, 0.15) is 41.8 Å². The third kappa shape index (κ3) is 3.45. The Morgan fingerprint density at radius 3 is 2.58 bits per heavy atom. The number of aromatic nitrogens is 1. The molecule has 0 amide bonds. The van der Waals surface area contributed by atoms with E-state index in [4.69, 9.17) is 0 Å². The fourth-order valence-electron chi connectivity index (χ4n) is 4.00. The summed E-state index contributed by atoms with van der Waals surface area (Å²) in [6.45, 7) is 4.97. The maximum absolute atomic E-state index is 13.7. The van der Waals surface area contributed by atoms with Gasteiger partial charge in [-0.1, -0.05) is 43.3 Å². The van der Waals surface area contributed by atoms with Crippen LogP contribution >= 0.6 is 0 Å². The molecule has 2 aromatic carbocycles. The fraction of sp³-hybridized carbons (Fsp3) is 0.304. The topological polar surface area (TPSA) is 8.17 Å². The van der Waals surface area contributed by atoms with Gasteiger partial charge < -0.3 is 4.57 Å². The lowest BCUT2D eigenvalue weighted by molar-refractivity contribution is 0.220. The maximum atomic E-state index is 13.7. The molecule has 134 valence electrons. The summed E-state index contributed by atoms with van der Waals surface area (Å²) in [5, 5.41) is 0. The summed E-state index contributed by atoms with van der Waals surface area (Å²) >= 11 is 0. The van der Waals surface area contributed by atoms with Gasteiger partial charge in [0, 0.05) is 31.5 Å². The molecule has 0 aliphatic carbocycles. The van der Waals surface area contributed by atoms with Crippen LogP contribution in [0.3, 0.4) is 0 Å². The van der Waals surface area contributed by atoms with Gasteiger partial charge in [0.1, 0.15) is 5.82 Å². The van der Waals surface area contributed by atoms with E-state index < -0.39 is 0 Å². The molecule has 1 aliphatic heterocycles. The molecular weight excluding hydrogens is 323 g/mol. The van der Waals surface area contributed by atoms with E-state index in [9.17, 15) is 4.39 Å². The summed E-state index contributed by atoms with van der Waals surface area (Å²) in [5.74, 6) is -0.162. The predicted molar refractivity (Wildman–Crippen MR) is 104 cm³/mol. The molecule has 0 fully saturated rings. The van der Waals surface area contributed by atoms with Crippen molar-refractivity contribution in [1.29, 1.82) is 0 Å². The monoisotopic (exact) mass is 348 g/mol. The second-order valence-electron chi connectivity index (χ2n) is 7.08. The van der Waals surface area contributed by atoms with Crippen molar-refractivity contribution < 1.29 is 4.39 Å². The zero-order valence-corrected chi connectivity index (χ0v) is 15.2. The van der Waals surface area contributed by atoms with E-state index in [0.717, 1.165) is 38.0 Å². The molecule has 26 heavy (non-hydrogen) atoms. The van der Waals surface area contributed by atoms with Gasteiger partial charge in [0.2, 0.25) is 0 Å². The van der Waals surface area contributed by atoms with E-state index in [0.29, 0.717) is 0 Å². The Morgan fingerprint density at radius 2 is 1.81 bits per heavy atom. The Balaban J connectivity index is 1.72. The van der Waals surface area contributed by atoms with Gasteiger partial charge in [-0.3, -0.25) is 4.90 Å². The van der Waals surface area contributed by atoms with Crippen LogP contribution in [-0.4, -0.2) is 16.0 Å². The highest BCUT2D eigenvalue weighted by Gasteiger charge is 2.27. The van der Waals surface area contributed by atoms with Crippen molar-refractivity contribution in [1.82, 2.24) is 9.47 Å². The maximum Gasteiger partial charge on any atom is 0.123 e. The third-order valence-corrected chi connectivity index (χ3v) is 5.33. The Labute approximate surface area is 154 Å². The van der Waals surface area contributed by atoms with Crippen molar-refractivity contribution >= 4 is 0 Å². The van der Waals surface area contributed by atoms with Crippen LogP contribution in [0, 0.1) is 5.82 Å². The molecule has 1 aromatic heterocycles. The first kappa shape index (κ1) is 17.0. The molecular formula is C23H25FN2. The smallest absolute Gasteiger partial charge is 0.123 e. The van der Waals surface area contributed by atoms with Gasteiger partial charge in [0.05, 0.1) is 6.04 Å². The molecule has 0 N–H and O–H groups in total. The lowest BCUT2D eigenvalue weighted by Crippen LogP contribution is -2.29. The average Bonchev–Trinajstić information content (AvgIpc) is 3.04. The quantitative estimate of drug-likeness (QED) is 0.630. The second kappa shape index (κ2) is 7.46. The molecule has 1 atom stereocenters. The molecule has 3 aromatic rings. The van der Waals surface area contributed by atoms with E-state index in [1.165, 1.54) is 22.9 Å². The number of hydrogen-bond donors (Lipinski definition) is 0. The summed E-state index contributed by atoms with van der Waals surface area (Å²) in [7, 11) is 0. The van der Waals surface area contributed by atoms with Crippen molar-refractivity contribution in [2.75, 3.05) is 6.54 Å². The summed E-state index contributed by atoms with van der Waals surface area (Å²) < 4.78 is 16.0. The molecule has 1 aliphatic rings. The van der Waals surface area contributed by atoms with E-state index in [1.807, 2.05) is 6.07 Å². The van der Waals surface area contributed by atoms with Gasteiger partial charge in [-0.2, -0.15) is 0 Å². The highest BCUT2D eigenvalue weighted by atomic mass is 19.1. The molecule has 0 saturated carbocycles. The van der Waals surface area contributed by atoms with Gasteiger partial charge in [-0.05, 0) is 53.8 Å². The minimum Gasteiger partial charge on any atom is -0.350 e. The normalized spacial score (nSPS) is 17.7. The Kier molecular flexibility index (Phi) is 4.89. The zero-order valence-electron chi connectivity index (χ0n) is 15.2. The molecule has 2 heterocycles. The van der Waals surface area contributed by atoms with Crippen molar-refractivity contribution in [3.63, 3.8) is 0 Å². The molecule has 0 unspecified atom stereocenters. The summed E-state index contributed by atoms with van der Waals surface area (Å²) in [6.07, 6.45) is 4.32. The largest absolute Gasteiger partial charge is 0.350 e. The van der Waals surface area contributed by atoms with E-state index in [2.05, 4.69) is 59.0 Å². The molecule has 0 bridgehead atoms. The fourth-order valence-corrected chi connectivity index (χ4v) is 4.00. The number of benzene rings is 2. The SMILES string of the molecule is CCc1ccc([C@H]2c3cccn3CCCN2Cc2cccc(F)c2)cc1. The highest BCUT2D eigenvalue weighted by molar-refractivity contribution is 5.32. The van der Waals surface area contributed by atoms with E-state index in [-0.39, 0.29) is 11.9 Å². The average molecular weight is 348 g/mol. The van der Waals surface area contributed by atoms with Crippen molar-refractivity contribution in [2.45, 2.75) is 38.9 Å². The highest BCUT2D eigenvalue weighted by Crippen LogP contribution is 2.33. The van der Waals surface area contributed by atoms with Crippen molar-refractivity contribution in [2.24, 2.45) is 0 Å². The minimum atomic E-state index is -0.162. The van der Waals surface area contributed by atoms with E-state index >= 15 is 0 Å². The number of rotatable bonds is 4. The predicted octanol–water partition coefficient (Wildman–Crippen LogP) is 5.18. The molecule has 0 saturated heterocycles. The summed E-state index contributed by atoms with van der Waals surface area (Å²) in [6, 6.07) is 20.5. The van der Waals surface area contributed by atoms with Gasteiger partial charge in [0.25, 0.3) is 0 Å². The Bertz CT molecular complexity index is 866. The first-order chi connectivity index (χ1) is 12.7. The number of halogens is 1. The standard InChI is InChI=1S/C23H25FN2/c1-2-18-9-11-20(12-10-18)23-22-8-4-13-25(22)14-5-15-26(23)17-19-6-3-7-21(24)16-19/h3-4,6-13,16,23H,2,5,14-15,17H2,1H3/t23-/m0/s1. The number of aryl methyl sites for hydroxylation is 2. The lowest BCUT2D eigenvalue weighted by atomic mass is 9.99. The van der Waals surface area contributed by atoms with Crippen LogP contribution in [0.5, 0.6) is 0 Å². The van der Waals surface area contributed by atoms with Gasteiger partial charge in [-0.25, -0.2) is 4.39 Å². The van der Waals surface area contributed by atoms with Crippen LogP contribution < -0.4 is 0 Å². The van der Waals surface area contributed by atoms with Crippen molar-refractivity contribution in [3.05, 3.63) is 95.1 Å². The zero-order chi connectivity index (χ0) is 17.9. The van der Waals surface area contributed by atoms with Gasteiger partial charge in [0.15, 0.2) is 0 Å². The van der Waals surface area contributed by atoms with E-state index in [1.54, 1.807) is 12.1 Å². The number of fused-ring (bicyclic) bond motifs is 1. The summed E-state index contributed by atoms with van der Waals surface area (Å²) in [4.78, 5) is 2.48. The molecule has 3 heteroatoms. The van der Waals surface area contributed by atoms with Crippen molar-refractivity contribution in [3.8, 4) is 0 Å². The number of nitrogens with zero attached hydrogens (tertiary/aromatic N) is 2. The van der Waals surface area contributed by atoms with Gasteiger partial charge >= 0.3 is 0 Å². The lowest BCUT2D eigenvalue weighted by Gasteiger charge is -2.31. The molecule has 0 radical (unpaired) electrons. The van der Waals surface area contributed by atoms with Crippen LogP contribution in [0.4, 0.5) is 4.39 Å². The van der Waals surface area contributed by atoms with Crippen LogP contribution in [0.15, 0.2) is 66.9 Å². The van der Waals surface area contributed by atoms with Gasteiger partial charge in [-0.15, -0.1) is 0 Å². The first-order valence-electron chi connectivity index (χ1n) is 9.47.